The molecule has 0 aromatic heterocycles. The molecule has 9 heteroatoms. The van der Waals surface area contributed by atoms with Gasteiger partial charge in [-0.25, -0.2) is 0 Å². The zero-order chi connectivity index (χ0) is 18.9. The third-order valence-corrected chi connectivity index (χ3v) is 4.07. The average Bonchev–Trinajstić information content (AvgIpc) is 2.61. The second-order valence-electron chi connectivity index (χ2n) is 5.13. The first-order chi connectivity index (χ1) is 12.5. The maximum absolute atomic E-state index is 10.7. The quantitative estimate of drug-likeness (QED) is 0.297. The van der Waals surface area contributed by atoms with Crippen molar-refractivity contribution in [3.8, 4) is 5.75 Å². The van der Waals surface area contributed by atoms with E-state index in [1.807, 2.05) is 25.1 Å². The molecule has 2 rings (SSSR count). The number of hydrogen-bond acceptors (Lipinski definition) is 5. The van der Waals surface area contributed by atoms with Gasteiger partial charge in [0.15, 0.2) is 5.11 Å². The third-order valence-electron chi connectivity index (χ3n) is 3.21. The summed E-state index contributed by atoms with van der Waals surface area (Å²) in [6.07, 6.45) is 1.65. The zero-order valence-electron chi connectivity index (χ0n) is 13.9. The number of hydrazone groups is 1. The molecule has 26 heavy (non-hydrogen) atoms. The predicted molar refractivity (Wildman–Crippen MR) is 109 cm³/mol. The molecule has 0 saturated heterocycles. The van der Waals surface area contributed by atoms with Crippen LogP contribution in [0.25, 0.3) is 0 Å². The summed E-state index contributed by atoms with van der Waals surface area (Å²) in [7, 11) is 0. The number of benzene rings is 2. The Bertz CT molecular complexity index is 812. The summed E-state index contributed by atoms with van der Waals surface area (Å²) in [6, 6.07) is 11.8. The van der Waals surface area contributed by atoms with Crippen molar-refractivity contribution in [1.29, 1.82) is 0 Å². The molecule has 0 bridgehead atoms. The molecule has 0 aliphatic carbocycles. The van der Waals surface area contributed by atoms with Gasteiger partial charge in [0.2, 0.25) is 0 Å². The second-order valence-corrected chi connectivity index (χ2v) is 6.39. The molecule has 0 heterocycles. The topological polar surface area (TPSA) is 88.8 Å². The summed E-state index contributed by atoms with van der Waals surface area (Å²) in [5.74, 6) is 0.664. The minimum atomic E-state index is -0.429. The highest BCUT2D eigenvalue weighted by Gasteiger charge is 2.06. The number of nitro benzene ring substituents is 1. The standard InChI is InChI=1S/C17H17BrN4O3S/c1-2-19-17(26)21-20-10-13-5-8-16(15(18)9-13)25-11-12-3-6-14(7-4-12)22(23)24/h3-10H,2,11H2,1H3,(H2,19,21,26). The first-order valence-electron chi connectivity index (χ1n) is 7.72. The van der Waals surface area contributed by atoms with Gasteiger partial charge in [-0.3, -0.25) is 15.5 Å². The first-order valence-corrected chi connectivity index (χ1v) is 8.92. The van der Waals surface area contributed by atoms with Crippen molar-refractivity contribution in [3.63, 3.8) is 0 Å². The molecular formula is C17H17BrN4O3S. The van der Waals surface area contributed by atoms with Crippen LogP contribution >= 0.6 is 28.1 Å². The van der Waals surface area contributed by atoms with Gasteiger partial charge in [0, 0.05) is 18.7 Å². The maximum Gasteiger partial charge on any atom is 0.269 e. The number of halogens is 1. The number of nitro groups is 1. The molecule has 0 spiro atoms. The van der Waals surface area contributed by atoms with Crippen LogP contribution in [-0.2, 0) is 6.61 Å². The lowest BCUT2D eigenvalue weighted by Crippen LogP contribution is -2.31. The van der Waals surface area contributed by atoms with E-state index >= 15 is 0 Å². The Morgan fingerprint density at radius 2 is 2.08 bits per heavy atom. The third kappa shape index (κ3) is 6.08. The van der Waals surface area contributed by atoms with Crippen LogP contribution in [0.4, 0.5) is 5.69 Å². The van der Waals surface area contributed by atoms with Gasteiger partial charge in [-0.15, -0.1) is 0 Å². The monoisotopic (exact) mass is 436 g/mol. The number of ether oxygens (including phenoxy) is 1. The molecule has 0 aliphatic heterocycles. The van der Waals surface area contributed by atoms with E-state index in [1.165, 1.54) is 12.1 Å². The van der Waals surface area contributed by atoms with Crippen LogP contribution in [0.15, 0.2) is 52.0 Å². The molecule has 136 valence electrons. The summed E-state index contributed by atoms with van der Waals surface area (Å²) in [5.41, 5.74) is 4.49. The van der Waals surface area contributed by atoms with E-state index in [0.717, 1.165) is 22.1 Å². The summed E-state index contributed by atoms with van der Waals surface area (Å²) >= 11 is 8.48. The highest BCUT2D eigenvalue weighted by molar-refractivity contribution is 9.10. The van der Waals surface area contributed by atoms with Crippen molar-refractivity contribution < 1.29 is 9.66 Å². The number of non-ortho nitro benzene ring substituents is 1. The highest BCUT2D eigenvalue weighted by atomic mass is 79.9. The van der Waals surface area contributed by atoms with Crippen LogP contribution in [0.5, 0.6) is 5.75 Å². The van der Waals surface area contributed by atoms with Gasteiger partial charge in [0.25, 0.3) is 5.69 Å². The van der Waals surface area contributed by atoms with Gasteiger partial charge < -0.3 is 10.1 Å². The number of hydrogen-bond donors (Lipinski definition) is 2. The smallest absolute Gasteiger partial charge is 0.269 e. The molecule has 0 radical (unpaired) electrons. The largest absolute Gasteiger partial charge is 0.488 e. The molecule has 0 fully saturated rings. The molecule has 0 saturated carbocycles. The number of rotatable bonds is 7. The fraction of sp³-hybridized carbons (Fsp3) is 0.176. The maximum atomic E-state index is 10.7. The summed E-state index contributed by atoms with van der Waals surface area (Å²) in [6.45, 7) is 2.99. The van der Waals surface area contributed by atoms with E-state index in [2.05, 4.69) is 31.8 Å². The Hall–Kier alpha value is -2.52. The van der Waals surface area contributed by atoms with E-state index in [0.29, 0.717) is 17.5 Å². The molecule has 0 amide bonds. The lowest BCUT2D eigenvalue weighted by Gasteiger charge is -2.09. The van der Waals surface area contributed by atoms with E-state index in [4.69, 9.17) is 17.0 Å². The van der Waals surface area contributed by atoms with Crippen molar-refractivity contribution in [2.24, 2.45) is 5.10 Å². The molecule has 0 aliphatic rings. The van der Waals surface area contributed by atoms with E-state index in [-0.39, 0.29) is 5.69 Å². The van der Waals surface area contributed by atoms with E-state index in [9.17, 15) is 10.1 Å². The number of nitrogens with one attached hydrogen (secondary N) is 2. The Morgan fingerprint density at radius 3 is 2.69 bits per heavy atom. The SMILES string of the molecule is CCNC(=S)NN=Cc1ccc(OCc2ccc([N+](=O)[O-])cc2)c(Br)c1. The van der Waals surface area contributed by atoms with Crippen LogP contribution in [0.3, 0.4) is 0 Å². The fourth-order valence-corrected chi connectivity index (χ4v) is 2.66. The van der Waals surface area contributed by atoms with Gasteiger partial charge in [-0.2, -0.15) is 5.10 Å². The zero-order valence-corrected chi connectivity index (χ0v) is 16.3. The molecular weight excluding hydrogens is 420 g/mol. The van der Waals surface area contributed by atoms with Gasteiger partial charge in [0.1, 0.15) is 12.4 Å². The molecule has 2 N–H and O–H groups in total. The lowest BCUT2D eigenvalue weighted by molar-refractivity contribution is -0.384. The molecule has 2 aromatic carbocycles. The molecule has 0 unspecified atom stereocenters. The normalized spacial score (nSPS) is 10.5. The van der Waals surface area contributed by atoms with Gasteiger partial charge in [-0.05, 0) is 76.5 Å². The molecule has 7 nitrogen and oxygen atoms in total. The lowest BCUT2D eigenvalue weighted by atomic mass is 10.2. The fourth-order valence-electron chi connectivity index (χ4n) is 1.95. The Labute approximate surface area is 164 Å². The summed E-state index contributed by atoms with van der Waals surface area (Å²) in [5, 5.41) is 18.1. The van der Waals surface area contributed by atoms with Crippen molar-refractivity contribution in [2.45, 2.75) is 13.5 Å². The Balaban J connectivity index is 1.93. The van der Waals surface area contributed by atoms with Gasteiger partial charge in [-0.1, -0.05) is 0 Å². The average molecular weight is 437 g/mol. The van der Waals surface area contributed by atoms with E-state index in [1.54, 1.807) is 18.3 Å². The first kappa shape index (κ1) is 19.8. The second kappa shape index (κ2) is 9.83. The summed E-state index contributed by atoms with van der Waals surface area (Å²) < 4.78 is 6.52. The summed E-state index contributed by atoms with van der Waals surface area (Å²) in [4.78, 5) is 10.2. The predicted octanol–water partition coefficient (Wildman–Crippen LogP) is 3.75. The van der Waals surface area contributed by atoms with Crippen molar-refractivity contribution in [3.05, 3.63) is 68.2 Å². The van der Waals surface area contributed by atoms with Crippen LogP contribution in [0, 0.1) is 10.1 Å². The highest BCUT2D eigenvalue weighted by Crippen LogP contribution is 2.26. The van der Waals surface area contributed by atoms with Crippen LogP contribution in [0.2, 0.25) is 0 Å². The van der Waals surface area contributed by atoms with Gasteiger partial charge >= 0.3 is 0 Å². The van der Waals surface area contributed by atoms with Crippen LogP contribution in [0.1, 0.15) is 18.1 Å². The number of thiocarbonyl (C=S) groups is 1. The van der Waals surface area contributed by atoms with Gasteiger partial charge in [0.05, 0.1) is 15.6 Å². The van der Waals surface area contributed by atoms with E-state index < -0.39 is 4.92 Å². The number of nitrogens with zero attached hydrogens (tertiary/aromatic N) is 2. The van der Waals surface area contributed by atoms with Crippen molar-refractivity contribution in [1.82, 2.24) is 10.7 Å². The van der Waals surface area contributed by atoms with Crippen LogP contribution < -0.4 is 15.5 Å². The Kier molecular flexibility index (Phi) is 7.49. The Morgan fingerprint density at radius 1 is 1.35 bits per heavy atom. The van der Waals surface area contributed by atoms with Crippen molar-refractivity contribution >= 4 is 45.2 Å². The molecule has 0 atom stereocenters. The van der Waals surface area contributed by atoms with Crippen LogP contribution in [-0.4, -0.2) is 22.8 Å². The molecule has 2 aromatic rings. The minimum Gasteiger partial charge on any atom is -0.488 e. The minimum absolute atomic E-state index is 0.0563. The van der Waals surface area contributed by atoms with Crippen molar-refractivity contribution in [2.75, 3.05) is 6.54 Å².